The Balaban J connectivity index is 2.18. The summed E-state index contributed by atoms with van der Waals surface area (Å²) in [5.74, 6) is 0.443. The third-order valence-electron chi connectivity index (χ3n) is 2.94. The first-order valence-corrected chi connectivity index (χ1v) is 7.30. The zero-order valence-corrected chi connectivity index (χ0v) is 13.9. The largest absolute Gasteiger partial charge is 0.503 e. The number of benzene rings is 2. The van der Waals surface area contributed by atoms with E-state index in [-0.39, 0.29) is 5.75 Å². The highest BCUT2D eigenvalue weighted by atomic mass is 79.9. The van der Waals surface area contributed by atoms with Crippen molar-refractivity contribution in [1.82, 2.24) is 0 Å². The first kappa shape index (κ1) is 15.7. The van der Waals surface area contributed by atoms with Crippen LogP contribution in [0.15, 0.2) is 39.9 Å². The molecule has 2 N–H and O–H groups in total. The van der Waals surface area contributed by atoms with Gasteiger partial charge in [0.2, 0.25) is 0 Å². The number of nitrogens with one attached hydrogen (secondary N) is 1. The van der Waals surface area contributed by atoms with E-state index in [2.05, 4.69) is 26.5 Å². The van der Waals surface area contributed by atoms with Crippen LogP contribution in [0.1, 0.15) is 11.1 Å². The van der Waals surface area contributed by atoms with E-state index < -0.39 is 0 Å². The van der Waals surface area contributed by atoms with E-state index in [0.717, 1.165) is 16.8 Å². The first-order chi connectivity index (χ1) is 10.0. The van der Waals surface area contributed by atoms with Crippen molar-refractivity contribution in [1.29, 1.82) is 0 Å². The molecule has 0 saturated carbocycles. The van der Waals surface area contributed by atoms with Gasteiger partial charge in [-0.15, -0.1) is 0 Å². The number of halogens is 2. The van der Waals surface area contributed by atoms with Crippen molar-refractivity contribution in [2.45, 2.75) is 6.92 Å². The van der Waals surface area contributed by atoms with Crippen molar-refractivity contribution < 1.29 is 9.84 Å². The van der Waals surface area contributed by atoms with Crippen molar-refractivity contribution in [3.8, 4) is 11.5 Å². The van der Waals surface area contributed by atoms with Gasteiger partial charge in [-0.25, -0.2) is 0 Å². The molecule has 21 heavy (non-hydrogen) atoms. The molecule has 0 heterocycles. The summed E-state index contributed by atoms with van der Waals surface area (Å²) in [4.78, 5) is 0. The lowest BCUT2D eigenvalue weighted by molar-refractivity contribution is 0.372. The molecule has 2 aromatic rings. The summed E-state index contributed by atoms with van der Waals surface area (Å²) in [5.41, 5.74) is 5.49. The van der Waals surface area contributed by atoms with Crippen LogP contribution in [0.2, 0.25) is 5.02 Å². The van der Waals surface area contributed by atoms with Gasteiger partial charge in [0.15, 0.2) is 11.5 Å². The van der Waals surface area contributed by atoms with Crippen LogP contribution in [0.4, 0.5) is 5.69 Å². The molecule has 0 aliphatic carbocycles. The number of hydrogen-bond donors (Lipinski definition) is 2. The maximum absolute atomic E-state index is 9.75. The minimum absolute atomic E-state index is 0.0632. The molecule has 0 aromatic heterocycles. The van der Waals surface area contributed by atoms with Crippen LogP contribution in [0.3, 0.4) is 0 Å². The second-order valence-corrected chi connectivity index (χ2v) is 5.60. The van der Waals surface area contributed by atoms with Crippen LogP contribution < -0.4 is 10.2 Å². The van der Waals surface area contributed by atoms with Gasteiger partial charge in [0.25, 0.3) is 0 Å². The molecule has 0 aliphatic heterocycles. The summed E-state index contributed by atoms with van der Waals surface area (Å²) in [6, 6.07) is 9.01. The molecule has 6 heteroatoms. The van der Waals surface area contributed by atoms with Crippen LogP contribution in [0, 0.1) is 6.92 Å². The third kappa shape index (κ3) is 3.68. The molecule has 0 unspecified atom stereocenters. The normalized spacial score (nSPS) is 10.9. The quantitative estimate of drug-likeness (QED) is 0.613. The summed E-state index contributed by atoms with van der Waals surface area (Å²) in [6.45, 7) is 1.92. The van der Waals surface area contributed by atoms with E-state index in [1.807, 2.05) is 25.1 Å². The topological polar surface area (TPSA) is 53.8 Å². The Morgan fingerprint density at radius 2 is 2.14 bits per heavy atom. The molecular formula is C15H14BrClN2O2. The maximum Gasteiger partial charge on any atom is 0.172 e. The fourth-order valence-electron chi connectivity index (χ4n) is 1.73. The van der Waals surface area contributed by atoms with E-state index in [9.17, 15) is 5.11 Å². The summed E-state index contributed by atoms with van der Waals surface area (Å²) in [7, 11) is 1.50. The standard InChI is InChI=1S/C15H14BrClN2O2/c1-9-12(17)4-3-5-13(9)19-18-8-10-6-11(16)15(20)14(7-10)21-2/h3-8,19-20H,1-2H3. The summed E-state index contributed by atoms with van der Waals surface area (Å²) in [6.07, 6.45) is 1.63. The van der Waals surface area contributed by atoms with Gasteiger partial charge in [0.1, 0.15) is 0 Å². The van der Waals surface area contributed by atoms with Crippen molar-refractivity contribution >= 4 is 39.4 Å². The predicted octanol–water partition coefficient (Wildman–Crippen LogP) is 4.57. The number of anilines is 1. The van der Waals surface area contributed by atoms with Crippen molar-refractivity contribution in [3.63, 3.8) is 0 Å². The Bertz CT molecular complexity index is 690. The highest BCUT2D eigenvalue weighted by molar-refractivity contribution is 9.10. The molecule has 0 atom stereocenters. The number of aromatic hydroxyl groups is 1. The fraction of sp³-hybridized carbons (Fsp3) is 0.133. The van der Waals surface area contributed by atoms with Crippen molar-refractivity contribution in [3.05, 3.63) is 51.0 Å². The molecule has 0 amide bonds. The zero-order chi connectivity index (χ0) is 15.4. The van der Waals surface area contributed by atoms with E-state index in [1.165, 1.54) is 7.11 Å². The van der Waals surface area contributed by atoms with E-state index in [4.69, 9.17) is 16.3 Å². The van der Waals surface area contributed by atoms with E-state index in [0.29, 0.717) is 15.2 Å². The van der Waals surface area contributed by atoms with Crippen molar-refractivity contribution in [2.24, 2.45) is 5.10 Å². The second kappa shape index (κ2) is 6.83. The van der Waals surface area contributed by atoms with Gasteiger partial charge >= 0.3 is 0 Å². The number of ether oxygens (including phenoxy) is 1. The van der Waals surface area contributed by atoms with Gasteiger partial charge in [-0.1, -0.05) is 17.7 Å². The predicted molar refractivity (Wildman–Crippen MR) is 89.8 cm³/mol. The number of phenols is 1. The highest BCUT2D eigenvalue weighted by Crippen LogP contribution is 2.34. The summed E-state index contributed by atoms with van der Waals surface area (Å²) < 4.78 is 5.63. The third-order valence-corrected chi connectivity index (χ3v) is 3.95. The lowest BCUT2D eigenvalue weighted by Gasteiger charge is -2.07. The van der Waals surface area contributed by atoms with Gasteiger partial charge in [0.05, 0.1) is 23.5 Å². The zero-order valence-electron chi connectivity index (χ0n) is 11.5. The Kier molecular flexibility index (Phi) is 5.09. The minimum atomic E-state index is 0.0632. The lowest BCUT2D eigenvalue weighted by atomic mass is 10.2. The maximum atomic E-state index is 9.75. The van der Waals surface area contributed by atoms with Gasteiger partial charge in [-0.05, 0) is 58.2 Å². The van der Waals surface area contributed by atoms with Crippen LogP contribution >= 0.6 is 27.5 Å². The molecule has 0 spiro atoms. The van der Waals surface area contributed by atoms with Gasteiger partial charge in [0, 0.05) is 5.02 Å². The molecule has 0 bridgehead atoms. The number of hydrazone groups is 1. The monoisotopic (exact) mass is 368 g/mol. The molecule has 2 aromatic carbocycles. The van der Waals surface area contributed by atoms with Gasteiger partial charge in [-0.2, -0.15) is 5.10 Å². The number of phenolic OH excluding ortho intramolecular Hbond substituents is 1. The van der Waals surface area contributed by atoms with Crippen LogP contribution in [0.25, 0.3) is 0 Å². The number of rotatable bonds is 4. The average molecular weight is 370 g/mol. The highest BCUT2D eigenvalue weighted by Gasteiger charge is 2.07. The van der Waals surface area contributed by atoms with Gasteiger partial charge < -0.3 is 9.84 Å². The molecule has 4 nitrogen and oxygen atoms in total. The summed E-state index contributed by atoms with van der Waals surface area (Å²) in [5, 5.41) is 14.6. The number of methoxy groups -OCH3 is 1. The Morgan fingerprint density at radius 3 is 2.86 bits per heavy atom. The van der Waals surface area contributed by atoms with Crippen molar-refractivity contribution in [2.75, 3.05) is 12.5 Å². The molecule has 2 rings (SSSR count). The van der Waals surface area contributed by atoms with Crippen LogP contribution in [-0.2, 0) is 0 Å². The SMILES string of the molecule is COc1cc(C=NNc2cccc(Cl)c2C)cc(Br)c1O. The van der Waals surface area contributed by atoms with E-state index >= 15 is 0 Å². The second-order valence-electron chi connectivity index (χ2n) is 4.34. The molecule has 110 valence electrons. The molecular weight excluding hydrogens is 356 g/mol. The minimum Gasteiger partial charge on any atom is -0.503 e. The summed E-state index contributed by atoms with van der Waals surface area (Å²) >= 11 is 9.31. The Morgan fingerprint density at radius 1 is 1.38 bits per heavy atom. The first-order valence-electron chi connectivity index (χ1n) is 6.13. The van der Waals surface area contributed by atoms with Gasteiger partial charge in [-0.3, -0.25) is 5.43 Å². The van der Waals surface area contributed by atoms with E-state index in [1.54, 1.807) is 18.3 Å². The fourth-order valence-corrected chi connectivity index (χ4v) is 2.36. The van der Waals surface area contributed by atoms with Crippen LogP contribution in [0.5, 0.6) is 11.5 Å². The molecule has 0 radical (unpaired) electrons. The molecule has 0 saturated heterocycles. The number of nitrogens with zero attached hydrogens (tertiary/aromatic N) is 1. The number of hydrogen-bond acceptors (Lipinski definition) is 4. The lowest BCUT2D eigenvalue weighted by Crippen LogP contribution is -1.94. The Hall–Kier alpha value is -1.72. The average Bonchev–Trinajstić information content (AvgIpc) is 2.47. The Labute approximate surface area is 136 Å². The molecule has 0 aliphatic rings. The molecule has 0 fully saturated rings. The van der Waals surface area contributed by atoms with Crippen LogP contribution in [-0.4, -0.2) is 18.4 Å². The smallest absolute Gasteiger partial charge is 0.172 e.